The molecule has 1 aliphatic rings. The highest BCUT2D eigenvalue weighted by molar-refractivity contribution is 5.92. The number of benzene rings is 1. The van der Waals surface area contributed by atoms with Gasteiger partial charge < -0.3 is 4.90 Å². The Morgan fingerprint density at radius 2 is 1.88 bits per heavy atom. The van der Waals surface area contributed by atoms with Gasteiger partial charge in [0.2, 0.25) is 0 Å². The van der Waals surface area contributed by atoms with Crippen LogP contribution in [-0.4, -0.2) is 33.7 Å². The van der Waals surface area contributed by atoms with Crippen LogP contribution in [0.2, 0.25) is 0 Å². The van der Waals surface area contributed by atoms with Gasteiger partial charge in [-0.15, -0.1) is 0 Å². The highest BCUT2D eigenvalue weighted by Gasteiger charge is 2.43. The van der Waals surface area contributed by atoms with E-state index in [1.54, 1.807) is 0 Å². The molecule has 1 aliphatic heterocycles. The normalized spacial score (nSPS) is 20.9. The minimum Gasteiger partial charge on any atom is -0.334 e. The second-order valence-electron chi connectivity index (χ2n) is 6.08. The van der Waals surface area contributed by atoms with Gasteiger partial charge in [0, 0.05) is 26.1 Å². The highest BCUT2D eigenvalue weighted by atomic mass is 19.4. The van der Waals surface area contributed by atoms with Crippen LogP contribution < -0.4 is 5.56 Å². The molecule has 1 N–H and O–H groups in total. The van der Waals surface area contributed by atoms with Crippen molar-refractivity contribution in [3.63, 3.8) is 0 Å². The van der Waals surface area contributed by atoms with E-state index in [2.05, 4.69) is 5.10 Å². The monoisotopic (exact) mass is 357 g/mol. The fourth-order valence-corrected chi connectivity index (χ4v) is 2.99. The van der Waals surface area contributed by atoms with Gasteiger partial charge in [-0.1, -0.05) is 12.1 Å². The Bertz CT molecular complexity index is 854. The van der Waals surface area contributed by atoms with Crippen molar-refractivity contribution >= 4 is 5.91 Å². The smallest absolute Gasteiger partial charge is 0.334 e. The van der Waals surface area contributed by atoms with Crippen molar-refractivity contribution in [1.29, 1.82) is 0 Å². The van der Waals surface area contributed by atoms with E-state index >= 15 is 4.39 Å². The standard InChI is InChI=1S/C16H15F4N3O2/c1-22-12(8-13(24)21-22)14(25)23-7-6-15(17,9-23)10-2-4-11(5-3-10)16(18,19)20/h2-5,8H,6-7,9H2,1H3,(H,21,24). The summed E-state index contributed by atoms with van der Waals surface area (Å²) in [5, 5.41) is 2.40. The fourth-order valence-electron chi connectivity index (χ4n) is 2.99. The van der Waals surface area contributed by atoms with E-state index in [0.29, 0.717) is 0 Å². The number of amides is 1. The fraction of sp³-hybridized carbons (Fsp3) is 0.375. The van der Waals surface area contributed by atoms with Crippen molar-refractivity contribution in [1.82, 2.24) is 14.7 Å². The Labute approximate surface area is 139 Å². The first-order valence-electron chi connectivity index (χ1n) is 7.52. The average molecular weight is 357 g/mol. The molecule has 1 fully saturated rings. The third kappa shape index (κ3) is 3.18. The molecule has 1 aromatic carbocycles. The molecule has 1 amide bonds. The predicted octanol–water partition coefficient (Wildman–Crippen LogP) is 2.44. The number of aromatic amines is 1. The molecule has 5 nitrogen and oxygen atoms in total. The van der Waals surface area contributed by atoms with Crippen LogP contribution in [0.4, 0.5) is 17.6 Å². The highest BCUT2D eigenvalue weighted by Crippen LogP contribution is 2.38. The number of aromatic nitrogens is 2. The van der Waals surface area contributed by atoms with Crippen molar-refractivity contribution in [2.45, 2.75) is 18.3 Å². The van der Waals surface area contributed by atoms with E-state index in [1.807, 2.05) is 0 Å². The third-order valence-corrected chi connectivity index (χ3v) is 4.36. The van der Waals surface area contributed by atoms with E-state index in [0.717, 1.165) is 30.3 Å². The molecular weight excluding hydrogens is 342 g/mol. The van der Waals surface area contributed by atoms with Crippen LogP contribution in [0.1, 0.15) is 28.0 Å². The second-order valence-corrected chi connectivity index (χ2v) is 6.08. The van der Waals surface area contributed by atoms with Gasteiger partial charge in [-0.05, 0) is 17.7 Å². The van der Waals surface area contributed by atoms with Crippen molar-refractivity contribution in [2.75, 3.05) is 13.1 Å². The molecule has 0 saturated carbocycles. The molecule has 1 aromatic heterocycles. The Kier molecular flexibility index (Phi) is 3.97. The number of rotatable bonds is 2. The van der Waals surface area contributed by atoms with Gasteiger partial charge in [0.25, 0.3) is 11.5 Å². The van der Waals surface area contributed by atoms with E-state index in [4.69, 9.17) is 0 Å². The number of nitrogens with one attached hydrogen (secondary N) is 1. The molecule has 1 atom stereocenters. The zero-order valence-electron chi connectivity index (χ0n) is 13.2. The number of hydrogen-bond acceptors (Lipinski definition) is 2. The summed E-state index contributed by atoms with van der Waals surface area (Å²) in [6.07, 6.45) is -4.51. The third-order valence-electron chi connectivity index (χ3n) is 4.36. The minimum absolute atomic E-state index is 0.0253. The predicted molar refractivity (Wildman–Crippen MR) is 80.8 cm³/mol. The van der Waals surface area contributed by atoms with Crippen LogP contribution in [0.25, 0.3) is 0 Å². The summed E-state index contributed by atoms with van der Waals surface area (Å²) in [6, 6.07) is 4.98. The molecular formula is C16H15F4N3O2. The summed E-state index contributed by atoms with van der Waals surface area (Å²) in [5.41, 5.74) is -3.03. The lowest BCUT2D eigenvalue weighted by atomic mass is 9.94. The largest absolute Gasteiger partial charge is 0.416 e. The van der Waals surface area contributed by atoms with Crippen LogP contribution in [0.15, 0.2) is 35.1 Å². The Hall–Kier alpha value is -2.58. The number of carbonyl (C=O) groups excluding carboxylic acids is 1. The van der Waals surface area contributed by atoms with Crippen molar-refractivity contribution in [2.24, 2.45) is 7.05 Å². The van der Waals surface area contributed by atoms with Crippen LogP contribution in [0.5, 0.6) is 0 Å². The van der Waals surface area contributed by atoms with Crippen molar-refractivity contribution in [3.05, 3.63) is 57.5 Å². The van der Waals surface area contributed by atoms with Gasteiger partial charge in [-0.25, -0.2) is 4.39 Å². The minimum atomic E-state index is -4.49. The summed E-state index contributed by atoms with van der Waals surface area (Å²) < 4.78 is 54.2. The molecule has 1 unspecified atom stereocenters. The Balaban J connectivity index is 1.80. The molecule has 134 valence electrons. The van der Waals surface area contributed by atoms with Crippen LogP contribution in [-0.2, 0) is 18.9 Å². The van der Waals surface area contributed by atoms with Crippen LogP contribution >= 0.6 is 0 Å². The van der Waals surface area contributed by atoms with Gasteiger partial charge in [0.1, 0.15) is 5.69 Å². The maximum absolute atomic E-state index is 15.2. The molecule has 0 aliphatic carbocycles. The van der Waals surface area contributed by atoms with Crippen molar-refractivity contribution in [3.8, 4) is 0 Å². The first-order valence-corrected chi connectivity index (χ1v) is 7.52. The lowest BCUT2D eigenvalue weighted by molar-refractivity contribution is -0.137. The van der Waals surface area contributed by atoms with Gasteiger partial charge >= 0.3 is 6.18 Å². The molecule has 0 spiro atoms. The average Bonchev–Trinajstić information content (AvgIpc) is 3.09. The van der Waals surface area contributed by atoms with Gasteiger partial charge in [-0.2, -0.15) is 13.2 Å². The molecule has 0 radical (unpaired) electrons. The van der Waals surface area contributed by atoms with Crippen molar-refractivity contribution < 1.29 is 22.4 Å². The molecule has 0 bridgehead atoms. The molecule has 2 heterocycles. The second kappa shape index (κ2) is 5.75. The summed E-state index contributed by atoms with van der Waals surface area (Å²) in [6.45, 7) is -0.174. The number of aryl methyl sites for hydroxylation is 1. The first kappa shape index (κ1) is 17.2. The number of hydrogen-bond donors (Lipinski definition) is 1. The SMILES string of the molecule is Cn1[nH]c(=O)cc1C(=O)N1CCC(F)(c2ccc(C(F)(F)F)cc2)C1. The number of nitrogens with zero attached hydrogens (tertiary/aromatic N) is 2. The summed E-state index contributed by atoms with van der Waals surface area (Å²) in [5.74, 6) is -0.507. The van der Waals surface area contributed by atoms with E-state index in [9.17, 15) is 22.8 Å². The molecule has 2 aromatic rings. The van der Waals surface area contributed by atoms with Gasteiger partial charge in [0.05, 0.1) is 12.1 Å². The maximum Gasteiger partial charge on any atom is 0.416 e. The molecule has 25 heavy (non-hydrogen) atoms. The number of H-pyrrole nitrogens is 1. The number of likely N-dealkylation sites (tertiary alicyclic amines) is 1. The number of halogens is 4. The number of alkyl halides is 4. The van der Waals surface area contributed by atoms with Crippen LogP contribution in [0.3, 0.4) is 0 Å². The summed E-state index contributed by atoms with van der Waals surface area (Å²) in [7, 11) is 1.49. The van der Waals surface area contributed by atoms with E-state index in [1.165, 1.54) is 16.6 Å². The Morgan fingerprint density at radius 1 is 1.24 bits per heavy atom. The lowest BCUT2D eigenvalue weighted by Crippen LogP contribution is -2.33. The summed E-state index contributed by atoms with van der Waals surface area (Å²) >= 11 is 0. The van der Waals surface area contributed by atoms with E-state index < -0.39 is 28.9 Å². The molecule has 1 saturated heterocycles. The van der Waals surface area contributed by atoms with Gasteiger partial charge in [0.15, 0.2) is 5.67 Å². The maximum atomic E-state index is 15.2. The Morgan fingerprint density at radius 3 is 2.40 bits per heavy atom. The lowest BCUT2D eigenvalue weighted by Gasteiger charge is -2.22. The van der Waals surface area contributed by atoms with E-state index in [-0.39, 0.29) is 30.8 Å². The molecule has 3 rings (SSSR count). The molecule has 9 heteroatoms. The van der Waals surface area contributed by atoms with Crippen LogP contribution in [0, 0.1) is 0 Å². The number of carbonyl (C=O) groups is 1. The topological polar surface area (TPSA) is 58.1 Å². The summed E-state index contributed by atoms with van der Waals surface area (Å²) in [4.78, 5) is 24.9. The zero-order valence-corrected chi connectivity index (χ0v) is 13.2. The quantitative estimate of drug-likeness (QED) is 0.840. The van der Waals surface area contributed by atoms with Gasteiger partial charge in [-0.3, -0.25) is 19.4 Å². The first-order chi connectivity index (χ1) is 11.6. The zero-order chi connectivity index (χ0) is 18.4.